The van der Waals surface area contributed by atoms with Gasteiger partial charge in [0, 0.05) is 33.7 Å². The van der Waals surface area contributed by atoms with E-state index in [-0.39, 0.29) is 5.69 Å². The van der Waals surface area contributed by atoms with Crippen LogP contribution >= 0.6 is 11.6 Å². The van der Waals surface area contributed by atoms with Gasteiger partial charge in [-0.15, -0.1) is 0 Å². The number of nitro groups is 1. The first-order valence-corrected chi connectivity index (χ1v) is 13.5. The van der Waals surface area contributed by atoms with E-state index in [1.54, 1.807) is 30.3 Å². The average Bonchev–Trinajstić information content (AvgIpc) is 3.20. The molecule has 3 aromatic carbocycles. The molecule has 0 saturated carbocycles. The third kappa shape index (κ3) is 6.00. The van der Waals surface area contributed by atoms with Crippen molar-refractivity contribution in [2.45, 2.75) is 18.7 Å². The van der Waals surface area contributed by atoms with Gasteiger partial charge < -0.3 is 4.57 Å². The van der Waals surface area contributed by atoms with Crippen LogP contribution in [0.15, 0.2) is 94.9 Å². The lowest BCUT2D eigenvalue weighted by Crippen LogP contribution is -2.39. The normalized spacial score (nSPS) is 11.5. The van der Waals surface area contributed by atoms with Gasteiger partial charge in [0.15, 0.2) is 4.90 Å². The first-order chi connectivity index (χ1) is 18.6. The van der Waals surface area contributed by atoms with E-state index in [1.807, 2.05) is 36.6 Å². The summed E-state index contributed by atoms with van der Waals surface area (Å²) in [5.41, 5.74) is 5.41. The van der Waals surface area contributed by atoms with Crippen LogP contribution < -0.4 is 9.73 Å². The predicted molar refractivity (Wildman–Crippen MR) is 150 cm³/mol. The topological polar surface area (TPSA) is 127 Å². The van der Waals surface area contributed by atoms with Gasteiger partial charge >= 0.3 is 0 Å². The molecule has 0 saturated heterocycles. The largest absolute Gasteiger partial charge is 0.318 e. The second-order valence-electron chi connectivity index (χ2n) is 8.50. The fourth-order valence-corrected chi connectivity index (χ4v) is 5.81. The lowest BCUT2D eigenvalue weighted by atomic mass is 10.2. The van der Waals surface area contributed by atoms with Crippen LogP contribution in [0.5, 0.6) is 0 Å². The summed E-state index contributed by atoms with van der Waals surface area (Å²) in [5.74, 6) is -0.733. The molecule has 0 aliphatic heterocycles. The molecule has 0 unspecified atom stereocenters. The number of amides is 1. The number of hydrazone groups is 1. The zero-order chi connectivity index (χ0) is 28.2. The average molecular weight is 566 g/mol. The number of aryl methyl sites for hydroxylation is 1. The van der Waals surface area contributed by atoms with E-state index >= 15 is 0 Å². The summed E-state index contributed by atoms with van der Waals surface area (Å²) in [4.78, 5) is 23.0. The number of benzene rings is 3. The second kappa shape index (κ2) is 11.5. The first-order valence-electron chi connectivity index (χ1n) is 11.7. The third-order valence-electron chi connectivity index (χ3n) is 5.91. The highest BCUT2D eigenvalue weighted by Gasteiger charge is 2.33. The van der Waals surface area contributed by atoms with Gasteiger partial charge in [-0.3, -0.25) is 19.2 Å². The van der Waals surface area contributed by atoms with E-state index in [9.17, 15) is 23.3 Å². The number of hydrogen-bond acceptors (Lipinski definition) is 6. The van der Waals surface area contributed by atoms with Gasteiger partial charge in [0.2, 0.25) is 0 Å². The van der Waals surface area contributed by atoms with Crippen LogP contribution in [-0.4, -0.2) is 36.6 Å². The van der Waals surface area contributed by atoms with E-state index in [2.05, 4.69) is 10.5 Å². The van der Waals surface area contributed by atoms with Crippen molar-refractivity contribution in [3.05, 3.63) is 117 Å². The number of halogens is 1. The molecule has 0 aliphatic rings. The smallest absolute Gasteiger partial charge is 0.289 e. The number of anilines is 1. The lowest BCUT2D eigenvalue weighted by molar-refractivity contribution is -0.387. The number of nitrogens with zero attached hydrogens (tertiary/aromatic N) is 4. The number of nitro benzene ring substituents is 1. The molecule has 0 bridgehead atoms. The highest BCUT2D eigenvalue weighted by atomic mass is 35.5. The maximum Gasteiger partial charge on any atom is 0.289 e. The Labute approximate surface area is 230 Å². The number of carbonyl (C=O) groups excluding carboxylic acids is 1. The van der Waals surface area contributed by atoms with Crippen molar-refractivity contribution in [3.63, 3.8) is 0 Å². The SMILES string of the molecule is Cc1cc(/C=N\NC(=O)CN(c2ccccc2)S(=O)(=O)c2ccccc2[N+](=O)[O-])c(C)n1-c1ccc(Cl)cc1. The maximum atomic E-state index is 13.5. The molecule has 0 atom stereocenters. The lowest BCUT2D eigenvalue weighted by Gasteiger charge is -2.23. The van der Waals surface area contributed by atoms with E-state index in [0.717, 1.165) is 39.1 Å². The fourth-order valence-electron chi connectivity index (χ4n) is 4.10. The number of carbonyl (C=O) groups is 1. The molecule has 0 radical (unpaired) electrons. The van der Waals surface area contributed by atoms with Crippen LogP contribution in [0.3, 0.4) is 0 Å². The molecule has 4 rings (SSSR count). The summed E-state index contributed by atoms with van der Waals surface area (Å²) in [6.07, 6.45) is 1.47. The molecule has 0 fully saturated rings. The molecule has 0 spiro atoms. The van der Waals surface area contributed by atoms with Gasteiger partial charge in [0.1, 0.15) is 6.54 Å². The quantitative estimate of drug-likeness (QED) is 0.173. The molecule has 1 heterocycles. The van der Waals surface area contributed by atoms with Crippen molar-refractivity contribution in [2.24, 2.45) is 5.10 Å². The molecule has 0 aliphatic carbocycles. The summed E-state index contributed by atoms with van der Waals surface area (Å²) in [5, 5.41) is 16.1. The van der Waals surface area contributed by atoms with Gasteiger partial charge in [-0.2, -0.15) is 5.10 Å². The number of aromatic nitrogens is 1. The van der Waals surface area contributed by atoms with Crippen molar-refractivity contribution < 1.29 is 18.1 Å². The van der Waals surface area contributed by atoms with Crippen molar-refractivity contribution in [1.29, 1.82) is 0 Å². The highest BCUT2D eigenvalue weighted by molar-refractivity contribution is 7.93. The molecule has 39 heavy (non-hydrogen) atoms. The van der Waals surface area contributed by atoms with Gasteiger partial charge in [0.25, 0.3) is 21.6 Å². The van der Waals surface area contributed by atoms with E-state index in [1.165, 1.54) is 30.5 Å². The molecular formula is C27H24ClN5O5S. The van der Waals surface area contributed by atoms with Crippen LogP contribution in [0.4, 0.5) is 11.4 Å². The minimum atomic E-state index is -4.48. The monoisotopic (exact) mass is 565 g/mol. The van der Waals surface area contributed by atoms with Crippen LogP contribution in [0.25, 0.3) is 5.69 Å². The van der Waals surface area contributed by atoms with Crippen LogP contribution in [0.1, 0.15) is 17.0 Å². The van der Waals surface area contributed by atoms with E-state index in [4.69, 9.17) is 11.6 Å². The molecule has 1 N–H and O–H groups in total. The molecule has 12 heteroatoms. The fraction of sp³-hybridized carbons (Fsp3) is 0.111. The van der Waals surface area contributed by atoms with E-state index < -0.39 is 38.0 Å². The number of rotatable bonds is 9. The van der Waals surface area contributed by atoms with Gasteiger partial charge in [-0.1, -0.05) is 41.9 Å². The van der Waals surface area contributed by atoms with Crippen molar-refractivity contribution >= 4 is 45.1 Å². The Kier molecular flexibility index (Phi) is 8.12. The maximum absolute atomic E-state index is 13.5. The third-order valence-corrected chi connectivity index (χ3v) is 7.98. The molecular weight excluding hydrogens is 542 g/mol. The number of para-hydroxylation sites is 2. The Hall–Kier alpha value is -4.48. The number of sulfonamides is 1. The Morgan fingerprint density at radius 1 is 1.05 bits per heavy atom. The minimum Gasteiger partial charge on any atom is -0.318 e. The van der Waals surface area contributed by atoms with Crippen LogP contribution in [-0.2, 0) is 14.8 Å². The summed E-state index contributed by atoms with van der Waals surface area (Å²) in [6.45, 7) is 3.18. The van der Waals surface area contributed by atoms with Crippen LogP contribution in [0.2, 0.25) is 5.02 Å². The molecule has 200 valence electrons. The zero-order valence-electron chi connectivity index (χ0n) is 21.0. The summed E-state index contributed by atoms with van der Waals surface area (Å²) >= 11 is 6.00. The van der Waals surface area contributed by atoms with Gasteiger partial charge in [-0.25, -0.2) is 13.8 Å². The molecule has 10 nitrogen and oxygen atoms in total. The minimum absolute atomic E-state index is 0.168. The predicted octanol–water partition coefficient (Wildman–Crippen LogP) is 5.00. The van der Waals surface area contributed by atoms with Crippen molar-refractivity contribution in [2.75, 3.05) is 10.8 Å². The summed E-state index contributed by atoms with van der Waals surface area (Å²) in [6, 6.07) is 22.1. The van der Waals surface area contributed by atoms with E-state index in [0.29, 0.717) is 5.02 Å². The highest BCUT2D eigenvalue weighted by Crippen LogP contribution is 2.29. The second-order valence-corrected chi connectivity index (χ2v) is 10.8. The molecule has 1 aromatic heterocycles. The zero-order valence-corrected chi connectivity index (χ0v) is 22.6. The van der Waals surface area contributed by atoms with Gasteiger partial charge in [0.05, 0.1) is 16.8 Å². The Morgan fingerprint density at radius 2 is 1.69 bits per heavy atom. The number of nitrogens with one attached hydrogen (secondary N) is 1. The molecule has 1 amide bonds. The Morgan fingerprint density at radius 3 is 2.36 bits per heavy atom. The standard InChI is InChI=1S/C27H24ClN5O5S/c1-19-16-21(20(2)32(19)24-14-12-22(28)13-15-24)17-29-30-27(34)18-31(23-8-4-3-5-9-23)39(37,38)26-11-7-6-10-25(26)33(35)36/h3-17H,18H2,1-2H3,(H,30,34)/b29-17-. The summed E-state index contributed by atoms with van der Waals surface area (Å²) < 4.78 is 29.9. The van der Waals surface area contributed by atoms with Crippen molar-refractivity contribution in [3.8, 4) is 5.69 Å². The van der Waals surface area contributed by atoms with Crippen molar-refractivity contribution in [1.82, 2.24) is 9.99 Å². The Bertz CT molecular complexity index is 1650. The molecule has 4 aromatic rings. The number of hydrogen-bond donors (Lipinski definition) is 1. The Balaban J connectivity index is 1.57. The van der Waals surface area contributed by atoms with Gasteiger partial charge in [-0.05, 0) is 62.4 Å². The summed E-state index contributed by atoms with van der Waals surface area (Å²) in [7, 11) is -4.48. The van der Waals surface area contributed by atoms with Crippen LogP contribution in [0, 0.1) is 24.0 Å². The first kappa shape index (κ1) is 27.6.